The molecular weight excluding hydrogens is 283 g/mol. The van der Waals surface area contributed by atoms with Gasteiger partial charge in [-0.05, 0) is 17.7 Å². The van der Waals surface area contributed by atoms with Crippen molar-refractivity contribution in [3.05, 3.63) is 46.8 Å². The van der Waals surface area contributed by atoms with Crippen LogP contribution < -0.4 is 5.32 Å². The minimum atomic E-state index is -0.347. The summed E-state index contributed by atoms with van der Waals surface area (Å²) < 4.78 is 19.6. The molecule has 1 heterocycles. The summed E-state index contributed by atoms with van der Waals surface area (Å²) in [4.78, 5) is 4.19. The van der Waals surface area contributed by atoms with Gasteiger partial charge in [-0.3, -0.25) is 0 Å². The van der Waals surface area contributed by atoms with Gasteiger partial charge in [0, 0.05) is 18.7 Å². The van der Waals surface area contributed by atoms with E-state index in [9.17, 15) is 4.39 Å². The molecule has 0 saturated heterocycles. The summed E-state index contributed by atoms with van der Waals surface area (Å²) >= 11 is 5.98. The van der Waals surface area contributed by atoms with Gasteiger partial charge in [0.15, 0.2) is 5.82 Å². The van der Waals surface area contributed by atoms with Crippen molar-refractivity contribution in [3.8, 4) is 0 Å². The molecule has 0 amide bonds. The molecule has 2 rings (SSSR count). The smallest absolute Gasteiger partial charge is 0.164 e. The number of aromatic nitrogens is 3. The third-order valence-corrected chi connectivity index (χ3v) is 3.05. The highest BCUT2D eigenvalue weighted by Crippen LogP contribution is 2.17. The molecule has 0 radical (unpaired) electrons. The number of hydrogen-bond acceptors (Lipinski definition) is 4. The van der Waals surface area contributed by atoms with Crippen LogP contribution in [0.15, 0.2) is 24.5 Å². The zero-order valence-electron chi connectivity index (χ0n) is 11.1. The Balaban J connectivity index is 1.92. The van der Waals surface area contributed by atoms with E-state index in [4.69, 9.17) is 16.3 Å². The maximum Gasteiger partial charge on any atom is 0.164 e. The first-order valence-electron chi connectivity index (χ1n) is 6.21. The molecule has 0 aliphatic heterocycles. The molecule has 0 bridgehead atoms. The minimum Gasteiger partial charge on any atom is -0.383 e. The van der Waals surface area contributed by atoms with Crippen LogP contribution in [-0.4, -0.2) is 35.0 Å². The number of nitrogens with zero attached hydrogens (tertiary/aromatic N) is 3. The van der Waals surface area contributed by atoms with Crippen LogP contribution in [0.25, 0.3) is 0 Å². The molecule has 0 saturated carbocycles. The Hall–Kier alpha value is -1.50. The molecule has 1 aromatic heterocycles. The van der Waals surface area contributed by atoms with Gasteiger partial charge in [0.05, 0.1) is 19.7 Å². The summed E-state index contributed by atoms with van der Waals surface area (Å²) in [6, 6.07) is 4.32. The highest BCUT2D eigenvalue weighted by molar-refractivity contribution is 6.31. The summed E-state index contributed by atoms with van der Waals surface area (Å²) in [6.45, 7) is 2.43. The van der Waals surface area contributed by atoms with E-state index in [0.29, 0.717) is 30.5 Å². The number of rotatable bonds is 7. The number of hydrogen-bond donors (Lipinski definition) is 1. The van der Waals surface area contributed by atoms with Gasteiger partial charge in [0.1, 0.15) is 12.1 Å². The SMILES string of the molecule is COCCNCc1ncn(Cc2ccc(F)cc2Cl)n1. The van der Waals surface area contributed by atoms with Gasteiger partial charge >= 0.3 is 0 Å². The van der Waals surface area contributed by atoms with Gasteiger partial charge in [-0.2, -0.15) is 5.10 Å². The van der Waals surface area contributed by atoms with Gasteiger partial charge in [0.25, 0.3) is 0 Å². The average molecular weight is 299 g/mol. The van der Waals surface area contributed by atoms with Crippen LogP contribution in [0.4, 0.5) is 4.39 Å². The van der Waals surface area contributed by atoms with Crippen molar-refractivity contribution in [2.24, 2.45) is 0 Å². The van der Waals surface area contributed by atoms with Crippen LogP contribution in [0.1, 0.15) is 11.4 Å². The molecule has 0 aliphatic rings. The lowest BCUT2D eigenvalue weighted by Gasteiger charge is -2.04. The van der Waals surface area contributed by atoms with Crippen molar-refractivity contribution < 1.29 is 9.13 Å². The zero-order valence-corrected chi connectivity index (χ0v) is 11.9. The van der Waals surface area contributed by atoms with Gasteiger partial charge in [0.2, 0.25) is 0 Å². The van der Waals surface area contributed by atoms with Gasteiger partial charge < -0.3 is 10.1 Å². The van der Waals surface area contributed by atoms with Crippen LogP contribution in [-0.2, 0) is 17.8 Å². The fourth-order valence-corrected chi connectivity index (χ4v) is 1.92. The van der Waals surface area contributed by atoms with Crippen molar-refractivity contribution >= 4 is 11.6 Å². The molecule has 2 aromatic rings. The summed E-state index contributed by atoms with van der Waals surface area (Å²) in [5.74, 6) is 0.347. The fourth-order valence-electron chi connectivity index (χ4n) is 1.69. The summed E-state index contributed by atoms with van der Waals surface area (Å²) in [5, 5.41) is 7.87. The molecule has 0 spiro atoms. The molecule has 0 unspecified atom stereocenters. The lowest BCUT2D eigenvalue weighted by Crippen LogP contribution is -2.19. The first kappa shape index (κ1) is 14.9. The van der Waals surface area contributed by atoms with E-state index in [1.807, 2.05) is 0 Å². The molecule has 5 nitrogen and oxygen atoms in total. The lowest BCUT2D eigenvalue weighted by atomic mass is 10.2. The molecule has 1 N–H and O–H groups in total. The number of nitrogens with one attached hydrogen (secondary N) is 1. The summed E-state index contributed by atoms with van der Waals surface area (Å²) in [6.07, 6.45) is 1.63. The highest BCUT2D eigenvalue weighted by Gasteiger charge is 2.05. The van der Waals surface area contributed by atoms with E-state index in [1.165, 1.54) is 12.1 Å². The maximum absolute atomic E-state index is 13.0. The van der Waals surface area contributed by atoms with Crippen molar-refractivity contribution in [3.63, 3.8) is 0 Å². The van der Waals surface area contributed by atoms with E-state index >= 15 is 0 Å². The Morgan fingerprint density at radius 3 is 3.05 bits per heavy atom. The second-order valence-corrected chi connectivity index (χ2v) is 4.67. The Morgan fingerprint density at radius 1 is 1.45 bits per heavy atom. The molecule has 0 atom stereocenters. The predicted octanol–water partition coefficient (Wildman–Crippen LogP) is 1.85. The van der Waals surface area contributed by atoms with E-state index in [2.05, 4.69) is 15.4 Å². The van der Waals surface area contributed by atoms with Gasteiger partial charge in [-0.1, -0.05) is 17.7 Å². The zero-order chi connectivity index (χ0) is 14.4. The second kappa shape index (κ2) is 7.33. The van der Waals surface area contributed by atoms with Crippen molar-refractivity contribution in [2.75, 3.05) is 20.3 Å². The number of benzene rings is 1. The maximum atomic E-state index is 13.0. The summed E-state index contributed by atoms with van der Waals surface area (Å²) in [5.41, 5.74) is 0.803. The average Bonchev–Trinajstić information content (AvgIpc) is 2.86. The van der Waals surface area contributed by atoms with E-state index in [-0.39, 0.29) is 5.82 Å². The highest BCUT2D eigenvalue weighted by atomic mass is 35.5. The molecular formula is C13H16ClFN4O. The largest absolute Gasteiger partial charge is 0.383 e. The van der Waals surface area contributed by atoms with Crippen LogP contribution in [0.2, 0.25) is 5.02 Å². The summed E-state index contributed by atoms with van der Waals surface area (Å²) in [7, 11) is 1.65. The normalized spacial score (nSPS) is 10.9. The van der Waals surface area contributed by atoms with Gasteiger partial charge in [-0.15, -0.1) is 0 Å². The van der Waals surface area contributed by atoms with Crippen LogP contribution >= 0.6 is 11.6 Å². The standard InChI is InChI=1S/C13H16ClFN4O/c1-20-5-4-16-7-13-17-9-19(18-13)8-10-2-3-11(15)6-12(10)14/h2-3,6,9,16H,4-5,7-8H2,1H3. The Labute approximate surface area is 121 Å². The molecule has 7 heteroatoms. The predicted molar refractivity (Wildman–Crippen MR) is 74.1 cm³/mol. The number of halogens is 2. The molecule has 20 heavy (non-hydrogen) atoms. The Bertz CT molecular complexity index is 561. The van der Waals surface area contributed by atoms with E-state index in [1.54, 1.807) is 24.2 Å². The Kier molecular flexibility index (Phi) is 5.46. The van der Waals surface area contributed by atoms with E-state index < -0.39 is 0 Å². The molecule has 0 fully saturated rings. The third kappa shape index (κ3) is 4.26. The van der Waals surface area contributed by atoms with Crippen LogP contribution in [0, 0.1) is 5.82 Å². The topological polar surface area (TPSA) is 52.0 Å². The monoisotopic (exact) mass is 298 g/mol. The molecule has 108 valence electrons. The van der Waals surface area contributed by atoms with Crippen LogP contribution in [0.3, 0.4) is 0 Å². The van der Waals surface area contributed by atoms with Crippen LogP contribution in [0.5, 0.6) is 0 Å². The third-order valence-electron chi connectivity index (χ3n) is 2.70. The first-order valence-corrected chi connectivity index (χ1v) is 6.58. The molecule has 1 aromatic carbocycles. The van der Waals surface area contributed by atoms with Crippen molar-refractivity contribution in [1.29, 1.82) is 0 Å². The lowest BCUT2D eigenvalue weighted by molar-refractivity contribution is 0.199. The quantitative estimate of drug-likeness (QED) is 0.793. The van der Waals surface area contributed by atoms with Crippen molar-refractivity contribution in [1.82, 2.24) is 20.1 Å². The van der Waals surface area contributed by atoms with E-state index in [0.717, 1.165) is 12.1 Å². The van der Waals surface area contributed by atoms with Gasteiger partial charge in [-0.25, -0.2) is 14.1 Å². The van der Waals surface area contributed by atoms with Crippen molar-refractivity contribution in [2.45, 2.75) is 13.1 Å². The minimum absolute atomic E-state index is 0.347. The second-order valence-electron chi connectivity index (χ2n) is 4.26. The molecule has 0 aliphatic carbocycles. The Morgan fingerprint density at radius 2 is 2.30 bits per heavy atom. The fraction of sp³-hybridized carbons (Fsp3) is 0.385. The number of methoxy groups -OCH3 is 1. The number of ether oxygens (including phenoxy) is 1. The first-order chi connectivity index (χ1) is 9.69.